The minimum atomic E-state index is -3.25. The van der Waals surface area contributed by atoms with Crippen LogP contribution < -0.4 is 0 Å². The molecule has 1 saturated heterocycles. The van der Waals surface area contributed by atoms with Crippen LogP contribution in [0.4, 0.5) is 0 Å². The maximum atomic E-state index is 11.0. The van der Waals surface area contributed by atoms with Crippen LogP contribution >= 0.6 is 0 Å². The number of hydrogen-bond donors (Lipinski definition) is 0. The molecule has 64 valence electrons. The zero-order valence-corrected chi connectivity index (χ0v) is 7.06. The fraction of sp³-hybridized carbons (Fsp3) is 0.833. The SMILES string of the molecule is CS(=O)(=O)C1COCCC1=O. The van der Waals surface area contributed by atoms with Gasteiger partial charge in [0.15, 0.2) is 15.6 Å². The van der Waals surface area contributed by atoms with E-state index in [1.165, 1.54) is 0 Å². The molecule has 0 amide bonds. The summed E-state index contributed by atoms with van der Waals surface area (Å²) in [5.41, 5.74) is 0. The van der Waals surface area contributed by atoms with Gasteiger partial charge in [-0.05, 0) is 0 Å². The molecule has 0 N–H and O–H groups in total. The van der Waals surface area contributed by atoms with Crippen molar-refractivity contribution >= 4 is 15.6 Å². The topological polar surface area (TPSA) is 60.4 Å². The molecule has 1 atom stereocenters. The Morgan fingerprint density at radius 2 is 2.18 bits per heavy atom. The predicted octanol–water partition coefficient (Wildman–Crippen LogP) is -0.611. The van der Waals surface area contributed by atoms with Crippen LogP contribution in [0.2, 0.25) is 0 Å². The smallest absolute Gasteiger partial charge is 0.159 e. The van der Waals surface area contributed by atoms with Crippen LogP contribution in [0, 0.1) is 0 Å². The summed E-state index contributed by atoms with van der Waals surface area (Å²) in [6.07, 6.45) is 1.28. The van der Waals surface area contributed by atoms with Gasteiger partial charge in [-0.2, -0.15) is 0 Å². The lowest BCUT2D eigenvalue weighted by Crippen LogP contribution is -2.38. The fourth-order valence-electron chi connectivity index (χ4n) is 0.979. The van der Waals surface area contributed by atoms with E-state index in [4.69, 9.17) is 4.74 Å². The van der Waals surface area contributed by atoms with Crippen molar-refractivity contribution in [2.45, 2.75) is 11.7 Å². The molecule has 0 aliphatic carbocycles. The molecule has 0 radical (unpaired) electrons. The highest BCUT2D eigenvalue weighted by molar-refractivity contribution is 7.92. The Hall–Kier alpha value is -0.420. The van der Waals surface area contributed by atoms with E-state index in [-0.39, 0.29) is 18.8 Å². The summed E-state index contributed by atoms with van der Waals surface area (Å²) in [4.78, 5) is 11.0. The van der Waals surface area contributed by atoms with Gasteiger partial charge in [0.2, 0.25) is 0 Å². The second-order valence-corrected chi connectivity index (χ2v) is 4.84. The Kier molecular flexibility index (Phi) is 2.29. The van der Waals surface area contributed by atoms with Gasteiger partial charge in [0, 0.05) is 12.7 Å². The molecule has 0 aromatic rings. The summed E-state index contributed by atoms with van der Waals surface area (Å²) in [6, 6.07) is 0. The van der Waals surface area contributed by atoms with Gasteiger partial charge in [0.1, 0.15) is 5.25 Å². The number of Topliss-reactive ketones (excluding diaryl/α,β-unsaturated/α-hetero) is 1. The number of ether oxygens (including phenoxy) is 1. The third kappa shape index (κ3) is 2.00. The summed E-state index contributed by atoms with van der Waals surface area (Å²) in [7, 11) is -3.25. The fourth-order valence-corrected chi connectivity index (χ4v) is 1.92. The predicted molar refractivity (Wildman–Crippen MR) is 39.1 cm³/mol. The number of ketones is 1. The summed E-state index contributed by atoms with van der Waals surface area (Å²) in [5, 5.41) is -0.920. The molecule has 0 aromatic carbocycles. The molecule has 0 bridgehead atoms. The standard InChI is InChI=1S/C6H10O4S/c1-11(8,9)6-4-10-3-2-5(6)7/h6H,2-4H2,1H3. The van der Waals surface area contributed by atoms with Crippen molar-refractivity contribution in [3.05, 3.63) is 0 Å². The Labute approximate surface area is 65.5 Å². The summed E-state index contributed by atoms with van der Waals surface area (Å²) in [5.74, 6) is -0.223. The van der Waals surface area contributed by atoms with Crippen LogP contribution in [0.15, 0.2) is 0 Å². The van der Waals surface area contributed by atoms with Crippen LogP contribution in [0.1, 0.15) is 6.42 Å². The molecule has 0 aromatic heterocycles. The van der Waals surface area contributed by atoms with Gasteiger partial charge in [-0.1, -0.05) is 0 Å². The van der Waals surface area contributed by atoms with E-state index >= 15 is 0 Å². The number of hydrogen-bond acceptors (Lipinski definition) is 4. The van der Waals surface area contributed by atoms with Gasteiger partial charge < -0.3 is 4.74 Å². The molecule has 4 nitrogen and oxygen atoms in total. The maximum Gasteiger partial charge on any atom is 0.159 e. The lowest BCUT2D eigenvalue weighted by atomic mass is 10.2. The second kappa shape index (κ2) is 2.91. The Bertz CT molecular complexity index is 254. The van der Waals surface area contributed by atoms with Gasteiger partial charge in [0.25, 0.3) is 0 Å². The van der Waals surface area contributed by atoms with E-state index in [0.717, 1.165) is 6.26 Å². The lowest BCUT2D eigenvalue weighted by Gasteiger charge is -2.18. The third-order valence-electron chi connectivity index (χ3n) is 1.64. The van der Waals surface area contributed by atoms with Gasteiger partial charge in [-0.25, -0.2) is 8.42 Å². The molecule has 0 saturated carbocycles. The molecular formula is C6H10O4S. The largest absolute Gasteiger partial charge is 0.379 e. The Morgan fingerprint density at radius 1 is 1.55 bits per heavy atom. The number of rotatable bonds is 1. The monoisotopic (exact) mass is 178 g/mol. The van der Waals surface area contributed by atoms with Crippen LogP contribution in [0.25, 0.3) is 0 Å². The van der Waals surface area contributed by atoms with Gasteiger partial charge in [-0.15, -0.1) is 0 Å². The molecule has 11 heavy (non-hydrogen) atoms. The van der Waals surface area contributed by atoms with Crippen molar-refractivity contribution in [3.8, 4) is 0 Å². The van der Waals surface area contributed by atoms with Crippen molar-refractivity contribution < 1.29 is 17.9 Å². The van der Waals surface area contributed by atoms with Crippen LogP contribution in [0.5, 0.6) is 0 Å². The first-order valence-corrected chi connectivity index (χ1v) is 5.26. The first-order chi connectivity index (χ1) is 5.02. The minimum absolute atomic E-state index is 0.0255. The zero-order chi connectivity index (χ0) is 8.48. The molecule has 5 heteroatoms. The van der Waals surface area contributed by atoms with Gasteiger partial charge in [-0.3, -0.25) is 4.79 Å². The van der Waals surface area contributed by atoms with E-state index in [0.29, 0.717) is 6.61 Å². The van der Waals surface area contributed by atoms with Crippen LogP contribution in [0.3, 0.4) is 0 Å². The molecule has 1 aliphatic heterocycles. The molecular weight excluding hydrogens is 168 g/mol. The summed E-state index contributed by atoms with van der Waals surface area (Å²) < 4.78 is 26.7. The van der Waals surface area contributed by atoms with Crippen molar-refractivity contribution in [1.29, 1.82) is 0 Å². The molecule has 0 spiro atoms. The second-order valence-electron chi connectivity index (χ2n) is 2.61. The van der Waals surface area contributed by atoms with Crippen molar-refractivity contribution in [2.75, 3.05) is 19.5 Å². The highest BCUT2D eigenvalue weighted by Gasteiger charge is 2.31. The number of sulfone groups is 1. The first-order valence-electron chi connectivity index (χ1n) is 3.31. The van der Waals surface area contributed by atoms with Crippen molar-refractivity contribution in [1.82, 2.24) is 0 Å². The average molecular weight is 178 g/mol. The number of carbonyl (C=O) groups is 1. The minimum Gasteiger partial charge on any atom is -0.379 e. The summed E-state index contributed by atoms with van der Waals surface area (Å²) >= 11 is 0. The third-order valence-corrected chi connectivity index (χ3v) is 3.07. The van der Waals surface area contributed by atoms with E-state index in [1.807, 2.05) is 0 Å². The zero-order valence-electron chi connectivity index (χ0n) is 6.24. The lowest BCUT2D eigenvalue weighted by molar-refractivity contribution is -0.123. The van der Waals surface area contributed by atoms with Gasteiger partial charge >= 0.3 is 0 Å². The normalized spacial score (nSPS) is 27.0. The highest BCUT2D eigenvalue weighted by atomic mass is 32.2. The van der Waals surface area contributed by atoms with E-state index in [1.54, 1.807) is 0 Å². The average Bonchev–Trinajstić information content (AvgIpc) is 1.86. The van der Waals surface area contributed by atoms with E-state index in [2.05, 4.69) is 0 Å². The quantitative estimate of drug-likeness (QED) is 0.537. The van der Waals surface area contributed by atoms with Crippen LogP contribution in [-0.2, 0) is 19.4 Å². The highest BCUT2D eigenvalue weighted by Crippen LogP contribution is 2.09. The number of carbonyl (C=O) groups excluding carboxylic acids is 1. The van der Waals surface area contributed by atoms with E-state index in [9.17, 15) is 13.2 Å². The van der Waals surface area contributed by atoms with Crippen LogP contribution in [-0.4, -0.2) is 38.9 Å². The van der Waals surface area contributed by atoms with E-state index < -0.39 is 15.1 Å². The Morgan fingerprint density at radius 3 is 2.55 bits per heavy atom. The van der Waals surface area contributed by atoms with Crippen molar-refractivity contribution in [3.63, 3.8) is 0 Å². The summed E-state index contributed by atoms with van der Waals surface area (Å²) in [6.45, 7) is 0.378. The molecule has 1 rings (SSSR count). The first kappa shape index (κ1) is 8.67. The molecule has 1 unspecified atom stereocenters. The molecule has 1 heterocycles. The van der Waals surface area contributed by atoms with Crippen molar-refractivity contribution in [2.24, 2.45) is 0 Å². The van der Waals surface area contributed by atoms with Gasteiger partial charge in [0.05, 0.1) is 13.2 Å². The molecule has 1 fully saturated rings. The molecule has 1 aliphatic rings. The Balaban J connectivity index is 2.78. The maximum absolute atomic E-state index is 11.0.